The summed E-state index contributed by atoms with van der Waals surface area (Å²) in [6.45, 7) is 1.67. The fraction of sp³-hybridized carbons (Fsp3) is 1.00. The van der Waals surface area contributed by atoms with Crippen LogP contribution in [0.15, 0.2) is 0 Å². The van der Waals surface area contributed by atoms with Crippen LogP contribution in [0.1, 0.15) is 19.8 Å². The fourth-order valence-electron chi connectivity index (χ4n) is 1.47. The largest absolute Gasteiger partial charge is 0.401 e. The van der Waals surface area contributed by atoms with Crippen LogP contribution in [0.5, 0.6) is 0 Å². The summed E-state index contributed by atoms with van der Waals surface area (Å²) in [5, 5.41) is 0. The first-order valence-corrected chi connectivity index (χ1v) is 5.47. The number of rotatable bonds is 5. The van der Waals surface area contributed by atoms with E-state index in [9.17, 15) is 13.2 Å². The Morgan fingerprint density at radius 3 is 2.36 bits per heavy atom. The van der Waals surface area contributed by atoms with Gasteiger partial charge in [-0.2, -0.15) is 25.8 Å². The molecule has 1 nitrogen and oxygen atoms in total. The molecule has 0 heterocycles. The summed E-state index contributed by atoms with van der Waals surface area (Å²) in [6.07, 6.45) is -2.25. The van der Waals surface area contributed by atoms with Crippen molar-refractivity contribution in [1.82, 2.24) is 4.90 Å². The van der Waals surface area contributed by atoms with E-state index in [1.54, 1.807) is 4.90 Å². The summed E-state index contributed by atoms with van der Waals surface area (Å²) in [6, 6.07) is 0.166. The van der Waals surface area contributed by atoms with Gasteiger partial charge in [0.05, 0.1) is 6.54 Å². The molecule has 0 amide bonds. The normalized spacial score (nSPS) is 20.1. The van der Waals surface area contributed by atoms with E-state index >= 15 is 0 Å². The van der Waals surface area contributed by atoms with Gasteiger partial charge in [0.2, 0.25) is 0 Å². The van der Waals surface area contributed by atoms with Crippen molar-refractivity contribution in [3.8, 4) is 0 Å². The molecule has 1 aliphatic carbocycles. The molecular formula is C9H16F3NS. The van der Waals surface area contributed by atoms with Gasteiger partial charge in [0.1, 0.15) is 0 Å². The molecule has 1 aliphatic rings. The SMILES string of the molecule is CC(CS)CN(CC(F)(F)F)C1CC1. The van der Waals surface area contributed by atoms with Gasteiger partial charge < -0.3 is 0 Å². The van der Waals surface area contributed by atoms with Gasteiger partial charge in [-0.15, -0.1) is 0 Å². The monoisotopic (exact) mass is 227 g/mol. The molecule has 0 spiro atoms. The molecule has 0 radical (unpaired) electrons. The van der Waals surface area contributed by atoms with E-state index in [1.165, 1.54) is 0 Å². The van der Waals surface area contributed by atoms with Crippen molar-refractivity contribution >= 4 is 12.6 Å². The van der Waals surface area contributed by atoms with Crippen LogP contribution in [0.25, 0.3) is 0 Å². The molecule has 0 aliphatic heterocycles. The van der Waals surface area contributed by atoms with Crippen molar-refractivity contribution in [1.29, 1.82) is 0 Å². The van der Waals surface area contributed by atoms with Gasteiger partial charge in [-0.1, -0.05) is 6.92 Å². The third-order valence-corrected chi connectivity index (χ3v) is 2.93. The molecular weight excluding hydrogens is 211 g/mol. The lowest BCUT2D eigenvalue weighted by Gasteiger charge is -2.25. The van der Waals surface area contributed by atoms with Gasteiger partial charge in [0, 0.05) is 12.6 Å². The van der Waals surface area contributed by atoms with E-state index in [4.69, 9.17) is 0 Å². The average molecular weight is 227 g/mol. The third-order valence-electron chi connectivity index (χ3n) is 2.30. The molecule has 14 heavy (non-hydrogen) atoms. The maximum atomic E-state index is 12.2. The van der Waals surface area contributed by atoms with Crippen LogP contribution in [0.2, 0.25) is 0 Å². The number of thiol groups is 1. The van der Waals surface area contributed by atoms with Crippen LogP contribution in [-0.2, 0) is 0 Å². The van der Waals surface area contributed by atoms with E-state index < -0.39 is 12.7 Å². The maximum absolute atomic E-state index is 12.2. The highest BCUT2D eigenvalue weighted by Gasteiger charge is 2.38. The van der Waals surface area contributed by atoms with Crippen molar-refractivity contribution in [2.24, 2.45) is 5.92 Å². The van der Waals surface area contributed by atoms with E-state index in [1.807, 2.05) is 6.92 Å². The molecule has 0 aromatic rings. The lowest BCUT2D eigenvalue weighted by molar-refractivity contribution is -0.148. The Morgan fingerprint density at radius 1 is 1.43 bits per heavy atom. The van der Waals surface area contributed by atoms with Gasteiger partial charge in [-0.3, -0.25) is 4.90 Å². The van der Waals surface area contributed by atoms with Crippen LogP contribution in [0.3, 0.4) is 0 Å². The minimum atomic E-state index is -4.07. The highest BCUT2D eigenvalue weighted by atomic mass is 32.1. The molecule has 0 bridgehead atoms. The molecule has 1 atom stereocenters. The smallest absolute Gasteiger partial charge is 0.292 e. The summed E-state index contributed by atoms with van der Waals surface area (Å²) < 4.78 is 36.6. The summed E-state index contributed by atoms with van der Waals surface area (Å²) in [5.41, 5.74) is 0. The summed E-state index contributed by atoms with van der Waals surface area (Å²) in [7, 11) is 0. The van der Waals surface area contributed by atoms with E-state index in [0.717, 1.165) is 12.8 Å². The summed E-state index contributed by atoms with van der Waals surface area (Å²) >= 11 is 4.08. The molecule has 1 saturated carbocycles. The standard InChI is InChI=1S/C9H16F3NS/c1-7(5-14)4-13(8-2-3-8)6-9(10,11)12/h7-8,14H,2-6H2,1H3. The highest BCUT2D eigenvalue weighted by molar-refractivity contribution is 7.80. The molecule has 0 aromatic heterocycles. The summed E-state index contributed by atoms with van der Waals surface area (Å²) in [5.74, 6) is 0.863. The fourth-order valence-corrected chi connectivity index (χ4v) is 1.59. The van der Waals surface area contributed by atoms with Gasteiger partial charge in [0.15, 0.2) is 0 Å². The van der Waals surface area contributed by atoms with Gasteiger partial charge in [-0.05, 0) is 24.5 Å². The second-order valence-electron chi connectivity index (χ2n) is 4.06. The zero-order valence-corrected chi connectivity index (χ0v) is 9.11. The van der Waals surface area contributed by atoms with Crippen molar-refractivity contribution in [2.45, 2.75) is 32.0 Å². The van der Waals surface area contributed by atoms with E-state index in [0.29, 0.717) is 12.3 Å². The predicted molar refractivity (Wildman–Crippen MR) is 53.7 cm³/mol. The average Bonchev–Trinajstić information content (AvgIpc) is 2.82. The van der Waals surface area contributed by atoms with Crippen LogP contribution in [0.4, 0.5) is 13.2 Å². The molecule has 0 aromatic carbocycles. The number of hydrogen-bond acceptors (Lipinski definition) is 2. The van der Waals surface area contributed by atoms with E-state index in [2.05, 4.69) is 12.6 Å². The topological polar surface area (TPSA) is 3.24 Å². The van der Waals surface area contributed by atoms with E-state index in [-0.39, 0.29) is 12.0 Å². The number of alkyl halides is 3. The lowest BCUT2D eigenvalue weighted by Crippen LogP contribution is -2.39. The zero-order valence-electron chi connectivity index (χ0n) is 8.22. The second-order valence-corrected chi connectivity index (χ2v) is 4.43. The van der Waals surface area contributed by atoms with Crippen molar-refractivity contribution in [3.63, 3.8) is 0 Å². The Labute approximate surface area is 88.1 Å². The molecule has 0 N–H and O–H groups in total. The maximum Gasteiger partial charge on any atom is 0.401 e. The summed E-state index contributed by atoms with van der Waals surface area (Å²) in [4.78, 5) is 1.54. The quantitative estimate of drug-likeness (QED) is 0.706. The Morgan fingerprint density at radius 2 is 2.00 bits per heavy atom. The minimum absolute atomic E-state index is 0.166. The molecule has 0 saturated heterocycles. The highest BCUT2D eigenvalue weighted by Crippen LogP contribution is 2.30. The van der Waals surface area contributed by atoms with Crippen LogP contribution in [0, 0.1) is 5.92 Å². The minimum Gasteiger partial charge on any atom is -0.292 e. The Hall–Kier alpha value is 0.100. The van der Waals surface area contributed by atoms with Crippen LogP contribution < -0.4 is 0 Å². The lowest BCUT2D eigenvalue weighted by atomic mass is 10.2. The zero-order chi connectivity index (χ0) is 10.8. The van der Waals surface area contributed by atoms with Crippen molar-refractivity contribution in [2.75, 3.05) is 18.8 Å². The number of nitrogens with zero attached hydrogens (tertiary/aromatic N) is 1. The molecule has 1 fully saturated rings. The van der Waals surface area contributed by atoms with Crippen LogP contribution >= 0.6 is 12.6 Å². The molecule has 5 heteroatoms. The Balaban J connectivity index is 2.39. The van der Waals surface area contributed by atoms with Crippen molar-refractivity contribution in [3.05, 3.63) is 0 Å². The first kappa shape index (κ1) is 12.2. The van der Waals surface area contributed by atoms with Crippen molar-refractivity contribution < 1.29 is 13.2 Å². The van der Waals surface area contributed by atoms with Gasteiger partial charge >= 0.3 is 6.18 Å². The second kappa shape index (κ2) is 4.75. The van der Waals surface area contributed by atoms with Gasteiger partial charge in [-0.25, -0.2) is 0 Å². The number of hydrogen-bond donors (Lipinski definition) is 1. The molecule has 1 unspecified atom stereocenters. The Bertz CT molecular complexity index is 179. The Kier molecular flexibility index (Phi) is 4.13. The molecule has 84 valence electrons. The predicted octanol–water partition coefficient (Wildman–Crippen LogP) is 2.58. The molecule has 1 rings (SSSR count). The number of halogens is 3. The van der Waals surface area contributed by atoms with Gasteiger partial charge in [0.25, 0.3) is 0 Å². The van der Waals surface area contributed by atoms with Crippen LogP contribution in [-0.4, -0.2) is 36.0 Å². The first-order chi connectivity index (χ1) is 6.42. The third kappa shape index (κ3) is 4.55. The first-order valence-electron chi connectivity index (χ1n) is 4.84.